The van der Waals surface area contributed by atoms with E-state index >= 15 is 0 Å². The molecule has 1 aromatic rings. The maximum atomic E-state index is 13.4. The summed E-state index contributed by atoms with van der Waals surface area (Å²) in [4.78, 5) is 40.5. The van der Waals surface area contributed by atoms with Crippen molar-refractivity contribution in [2.24, 2.45) is 5.92 Å². The first kappa shape index (κ1) is 22.1. The summed E-state index contributed by atoms with van der Waals surface area (Å²) >= 11 is 0. The van der Waals surface area contributed by atoms with Crippen LogP contribution in [0, 0.1) is 5.92 Å². The number of aliphatic carboxylic acids is 1. The molecule has 1 saturated heterocycles. The van der Waals surface area contributed by atoms with Crippen LogP contribution in [-0.2, 0) is 20.9 Å². The summed E-state index contributed by atoms with van der Waals surface area (Å²) in [6.07, 6.45) is 6.68. The fourth-order valence-corrected chi connectivity index (χ4v) is 4.59. The van der Waals surface area contributed by atoms with Crippen molar-refractivity contribution in [2.45, 2.75) is 70.1 Å². The third-order valence-electron chi connectivity index (χ3n) is 6.35. The van der Waals surface area contributed by atoms with Gasteiger partial charge < -0.3 is 14.7 Å². The summed E-state index contributed by atoms with van der Waals surface area (Å²) in [5.41, 5.74) is 0.875. The molecule has 1 heterocycles. The molecule has 0 bridgehead atoms. The Hall–Kier alpha value is -2.57. The number of benzene rings is 1. The van der Waals surface area contributed by atoms with Crippen LogP contribution in [0.2, 0.25) is 0 Å². The maximum Gasteiger partial charge on any atom is 0.410 e. The molecule has 0 radical (unpaired) electrons. The third kappa shape index (κ3) is 5.52. The SMILES string of the molecule is CN(C(=O)OCc1ccccc1)[C@H](CC1CCCCC1)C(=O)N1CCC[C@H]1C(=O)O. The number of carboxylic acids is 1. The van der Waals surface area contributed by atoms with Crippen LogP contribution in [-0.4, -0.2) is 58.6 Å². The van der Waals surface area contributed by atoms with Gasteiger partial charge in [0.05, 0.1) is 0 Å². The number of rotatable bonds is 7. The first-order valence-electron chi connectivity index (χ1n) is 10.9. The van der Waals surface area contributed by atoms with Gasteiger partial charge in [-0.15, -0.1) is 0 Å². The molecule has 1 aliphatic carbocycles. The van der Waals surface area contributed by atoms with Gasteiger partial charge >= 0.3 is 12.1 Å². The van der Waals surface area contributed by atoms with Crippen LogP contribution >= 0.6 is 0 Å². The number of carbonyl (C=O) groups excluding carboxylic acids is 2. The average molecular weight is 417 g/mol. The van der Waals surface area contributed by atoms with Crippen molar-refractivity contribution in [1.82, 2.24) is 9.80 Å². The minimum Gasteiger partial charge on any atom is -0.480 e. The van der Waals surface area contributed by atoms with Crippen molar-refractivity contribution in [1.29, 1.82) is 0 Å². The van der Waals surface area contributed by atoms with E-state index in [4.69, 9.17) is 4.74 Å². The molecule has 1 saturated carbocycles. The summed E-state index contributed by atoms with van der Waals surface area (Å²) in [5.74, 6) is -0.890. The Labute approximate surface area is 178 Å². The van der Waals surface area contributed by atoms with Crippen LogP contribution in [0.5, 0.6) is 0 Å². The Bertz CT molecular complexity index is 732. The first-order chi connectivity index (χ1) is 14.5. The number of carboxylic acid groups (broad SMARTS) is 1. The van der Waals surface area contributed by atoms with Crippen LogP contribution in [0.1, 0.15) is 56.9 Å². The lowest BCUT2D eigenvalue weighted by atomic mass is 9.84. The van der Waals surface area contributed by atoms with Gasteiger partial charge in [0.15, 0.2) is 0 Å². The van der Waals surface area contributed by atoms with Crippen LogP contribution in [0.25, 0.3) is 0 Å². The fourth-order valence-electron chi connectivity index (χ4n) is 4.59. The number of carbonyl (C=O) groups is 3. The topological polar surface area (TPSA) is 87.2 Å². The molecule has 2 fully saturated rings. The highest BCUT2D eigenvalue weighted by molar-refractivity contribution is 5.89. The molecule has 1 aromatic carbocycles. The van der Waals surface area contributed by atoms with Crippen molar-refractivity contribution in [3.8, 4) is 0 Å². The van der Waals surface area contributed by atoms with Gasteiger partial charge in [-0.1, -0.05) is 62.4 Å². The van der Waals surface area contributed by atoms with E-state index in [9.17, 15) is 19.5 Å². The lowest BCUT2D eigenvalue weighted by Crippen LogP contribution is -2.53. The second kappa shape index (κ2) is 10.5. The smallest absolute Gasteiger partial charge is 0.410 e. The summed E-state index contributed by atoms with van der Waals surface area (Å²) < 4.78 is 5.45. The van der Waals surface area contributed by atoms with E-state index in [0.29, 0.717) is 31.7 Å². The molecule has 1 N–H and O–H groups in total. The zero-order valence-electron chi connectivity index (χ0n) is 17.7. The highest BCUT2D eigenvalue weighted by Crippen LogP contribution is 2.30. The zero-order chi connectivity index (χ0) is 21.5. The van der Waals surface area contributed by atoms with Crippen molar-refractivity contribution in [2.75, 3.05) is 13.6 Å². The summed E-state index contributed by atoms with van der Waals surface area (Å²) in [5, 5.41) is 9.49. The molecule has 7 heteroatoms. The molecule has 0 spiro atoms. The normalized spacial score (nSPS) is 20.6. The average Bonchev–Trinajstić information content (AvgIpc) is 3.27. The summed E-state index contributed by atoms with van der Waals surface area (Å²) in [6.45, 7) is 0.555. The van der Waals surface area contributed by atoms with Crippen LogP contribution in [0.15, 0.2) is 30.3 Å². The van der Waals surface area contributed by atoms with E-state index in [1.807, 2.05) is 30.3 Å². The number of nitrogens with zero attached hydrogens (tertiary/aromatic N) is 2. The van der Waals surface area contributed by atoms with Gasteiger partial charge in [-0.2, -0.15) is 0 Å². The van der Waals surface area contributed by atoms with Gasteiger partial charge in [0.25, 0.3) is 0 Å². The predicted octanol–water partition coefficient (Wildman–Crippen LogP) is 3.67. The molecule has 2 amide bonds. The Morgan fingerprint density at radius 2 is 1.80 bits per heavy atom. The molecule has 2 atom stereocenters. The molecule has 0 aromatic heterocycles. The predicted molar refractivity (Wildman–Crippen MR) is 112 cm³/mol. The standard InChI is InChI=1S/C23H32N2O5/c1-24(23(29)30-16-18-11-6-3-7-12-18)20(15-17-9-4-2-5-10-17)21(26)25-14-8-13-19(25)22(27)28/h3,6-7,11-12,17,19-20H,2,4-5,8-10,13-16H2,1H3,(H,27,28)/t19-,20+/m0/s1. The molecule has 2 aliphatic rings. The molecule has 1 aliphatic heterocycles. The first-order valence-corrected chi connectivity index (χ1v) is 10.9. The van der Waals surface area contributed by atoms with Crippen molar-refractivity contribution in [3.63, 3.8) is 0 Å². The lowest BCUT2D eigenvalue weighted by Gasteiger charge is -2.34. The van der Waals surface area contributed by atoms with Gasteiger partial charge in [0, 0.05) is 13.6 Å². The Balaban J connectivity index is 1.71. The molecular formula is C23H32N2O5. The largest absolute Gasteiger partial charge is 0.480 e. The second-order valence-corrected chi connectivity index (χ2v) is 8.43. The maximum absolute atomic E-state index is 13.4. The summed E-state index contributed by atoms with van der Waals surface area (Å²) in [6, 6.07) is 7.89. The fraction of sp³-hybridized carbons (Fsp3) is 0.609. The van der Waals surface area contributed by atoms with E-state index in [1.54, 1.807) is 7.05 Å². The number of hydrogen-bond donors (Lipinski definition) is 1. The van der Waals surface area contributed by atoms with Crippen molar-refractivity contribution >= 4 is 18.0 Å². The number of hydrogen-bond acceptors (Lipinski definition) is 4. The number of amides is 2. The monoisotopic (exact) mass is 416 g/mol. The van der Waals surface area contributed by atoms with Gasteiger partial charge in [0.1, 0.15) is 18.7 Å². The van der Waals surface area contributed by atoms with Gasteiger partial charge in [-0.05, 0) is 30.7 Å². The van der Waals surface area contributed by atoms with E-state index < -0.39 is 24.1 Å². The highest BCUT2D eigenvalue weighted by Gasteiger charge is 2.40. The van der Waals surface area contributed by atoms with Gasteiger partial charge in [-0.25, -0.2) is 9.59 Å². The summed E-state index contributed by atoms with van der Waals surface area (Å²) in [7, 11) is 1.59. The van der Waals surface area contributed by atoms with Crippen LogP contribution < -0.4 is 0 Å². The van der Waals surface area contributed by atoms with E-state index in [-0.39, 0.29) is 12.5 Å². The van der Waals surface area contributed by atoms with Gasteiger partial charge in [0.2, 0.25) is 5.91 Å². The number of likely N-dealkylation sites (tertiary alicyclic amines) is 1. The number of likely N-dealkylation sites (N-methyl/N-ethyl adjacent to an activating group) is 1. The Morgan fingerprint density at radius 3 is 2.47 bits per heavy atom. The van der Waals surface area contributed by atoms with E-state index in [0.717, 1.165) is 31.2 Å². The van der Waals surface area contributed by atoms with E-state index in [1.165, 1.54) is 16.2 Å². The zero-order valence-corrected chi connectivity index (χ0v) is 17.7. The second-order valence-electron chi connectivity index (χ2n) is 8.43. The van der Waals surface area contributed by atoms with Gasteiger partial charge in [-0.3, -0.25) is 9.69 Å². The minimum absolute atomic E-state index is 0.135. The number of ether oxygens (including phenoxy) is 1. The molecular weight excluding hydrogens is 384 g/mol. The molecule has 30 heavy (non-hydrogen) atoms. The van der Waals surface area contributed by atoms with Crippen LogP contribution in [0.3, 0.4) is 0 Å². The molecule has 0 unspecified atom stereocenters. The lowest BCUT2D eigenvalue weighted by molar-refractivity contribution is -0.150. The molecule has 7 nitrogen and oxygen atoms in total. The minimum atomic E-state index is -0.980. The Morgan fingerprint density at radius 1 is 1.10 bits per heavy atom. The van der Waals surface area contributed by atoms with E-state index in [2.05, 4.69) is 0 Å². The Kier molecular flexibility index (Phi) is 7.71. The van der Waals surface area contributed by atoms with Crippen molar-refractivity contribution in [3.05, 3.63) is 35.9 Å². The van der Waals surface area contributed by atoms with Crippen molar-refractivity contribution < 1.29 is 24.2 Å². The quantitative estimate of drug-likeness (QED) is 0.733. The third-order valence-corrected chi connectivity index (χ3v) is 6.35. The molecule has 3 rings (SSSR count). The molecule has 164 valence electrons. The highest BCUT2D eigenvalue weighted by atomic mass is 16.6. The van der Waals surface area contributed by atoms with Crippen LogP contribution in [0.4, 0.5) is 4.79 Å².